The van der Waals surface area contributed by atoms with Gasteiger partial charge in [-0.3, -0.25) is 4.79 Å². The molecule has 1 aliphatic rings. The van der Waals surface area contributed by atoms with Crippen LogP contribution in [0.5, 0.6) is 11.5 Å². The summed E-state index contributed by atoms with van der Waals surface area (Å²) in [6.07, 6.45) is 0. The number of halogens is 1. The van der Waals surface area contributed by atoms with Crippen molar-refractivity contribution in [3.8, 4) is 11.5 Å². The summed E-state index contributed by atoms with van der Waals surface area (Å²) in [7, 11) is 0. The van der Waals surface area contributed by atoms with E-state index in [0.717, 1.165) is 11.3 Å². The van der Waals surface area contributed by atoms with Gasteiger partial charge in [0.25, 0.3) is 5.91 Å². The second-order valence-corrected chi connectivity index (χ2v) is 5.16. The van der Waals surface area contributed by atoms with Crippen LogP contribution in [0.2, 0.25) is 5.02 Å². The molecule has 21 heavy (non-hydrogen) atoms. The van der Waals surface area contributed by atoms with Gasteiger partial charge in [-0.15, -0.1) is 0 Å². The number of hydrogen-bond acceptors (Lipinski definition) is 3. The smallest absolute Gasteiger partial charge is 0.257 e. The molecule has 1 aliphatic heterocycles. The summed E-state index contributed by atoms with van der Waals surface area (Å²) in [6.45, 7) is 2.96. The zero-order valence-corrected chi connectivity index (χ0v) is 12.2. The molecule has 1 heterocycles. The van der Waals surface area contributed by atoms with Crippen LogP contribution >= 0.6 is 11.6 Å². The quantitative estimate of drug-likeness (QED) is 0.921. The Kier molecular flexibility index (Phi) is 3.71. The van der Waals surface area contributed by atoms with Gasteiger partial charge in [0.1, 0.15) is 13.2 Å². The van der Waals surface area contributed by atoms with Gasteiger partial charge in [0, 0.05) is 11.8 Å². The maximum Gasteiger partial charge on any atom is 0.257 e. The van der Waals surface area contributed by atoms with Crippen LogP contribution in [0.15, 0.2) is 36.4 Å². The highest BCUT2D eigenvalue weighted by molar-refractivity contribution is 6.34. The van der Waals surface area contributed by atoms with Crippen molar-refractivity contribution in [3.05, 3.63) is 52.5 Å². The summed E-state index contributed by atoms with van der Waals surface area (Å²) >= 11 is 6.03. The van der Waals surface area contributed by atoms with E-state index in [-0.39, 0.29) is 5.91 Å². The molecule has 0 spiro atoms. The molecule has 0 saturated carbocycles. The Hall–Kier alpha value is -2.20. The highest BCUT2D eigenvalue weighted by atomic mass is 35.5. The standard InChI is InChI=1S/C16H14ClNO3/c1-10-8-11(9-14-15(10)21-7-6-20-14)18-16(19)12-4-2-3-5-13(12)17/h2-5,8-9H,6-7H2,1H3,(H,18,19). The molecule has 0 bridgehead atoms. The average Bonchev–Trinajstić information content (AvgIpc) is 2.47. The van der Waals surface area contributed by atoms with Gasteiger partial charge in [0.15, 0.2) is 11.5 Å². The van der Waals surface area contributed by atoms with E-state index in [1.54, 1.807) is 30.3 Å². The van der Waals surface area contributed by atoms with Gasteiger partial charge in [-0.25, -0.2) is 0 Å². The van der Waals surface area contributed by atoms with Crippen molar-refractivity contribution in [2.24, 2.45) is 0 Å². The lowest BCUT2D eigenvalue weighted by atomic mass is 10.1. The van der Waals surface area contributed by atoms with Crippen LogP contribution in [-0.2, 0) is 0 Å². The molecule has 1 N–H and O–H groups in total. The summed E-state index contributed by atoms with van der Waals surface area (Å²) in [5.74, 6) is 1.13. The first-order valence-electron chi connectivity index (χ1n) is 6.61. The lowest BCUT2D eigenvalue weighted by Crippen LogP contribution is -2.17. The number of aryl methyl sites for hydroxylation is 1. The van der Waals surface area contributed by atoms with Crippen LogP contribution in [-0.4, -0.2) is 19.1 Å². The number of benzene rings is 2. The van der Waals surface area contributed by atoms with Gasteiger partial charge >= 0.3 is 0 Å². The van der Waals surface area contributed by atoms with E-state index >= 15 is 0 Å². The number of anilines is 1. The third-order valence-electron chi connectivity index (χ3n) is 3.20. The van der Waals surface area contributed by atoms with Crippen LogP contribution < -0.4 is 14.8 Å². The van der Waals surface area contributed by atoms with E-state index in [2.05, 4.69) is 5.32 Å². The summed E-state index contributed by atoms with van der Waals surface area (Å²) < 4.78 is 11.1. The third-order valence-corrected chi connectivity index (χ3v) is 3.53. The summed E-state index contributed by atoms with van der Waals surface area (Å²) in [4.78, 5) is 12.2. The average molecular weight is 304 g/mol. The van der Waals surface area contributed by atoms with Gasteiger partial charge in [-0.1, -0.05) is 23.7 Å². The molecule has 0 aromatic heterocycles. The Bertz CT molecular complexity index is 700. The van der Waals surface area contributed by atoms with Crippen molar-refractivity contribution in [1.82, 2.24) is 0 Å². The molecular formula is C16H14ClNO3. The Morgan fingerprint density at radius 2 is 1.95 bits per heavy atom. The Morgan fingerprint density at radius 3 is 2.76 bits per heavy atom. The molecule has 1 amide bonds. The maximum atomic E-state index is 12.2. The first kappa shape index (κ1) is 13.8. The van der Waals surface area contributed by atoms with Crippen molar-refractivity contribution >= 4 is 23.2 Å². The summed E-state index contributed by atoms with van der Waals surface area (Å²) in [6, 6.07) is 10.5. The molecule has 0 saturated heterocycles. The molecule has 3 rings (SSSR count). The van der Waals surface area contributed by atoms with Gasteiger partial charge in [0.2, 0.25) is 0 Å². The number of carbonyl (C=O) groups excluding carboxylic acids is 1. The largest absolute Gasteiger partial charge is 0.486 e. The van der Waals surface area contributed by atoms with Crippen LogP contribution in [0.1, 0.15) is 15.9 Å². The molecule has 0 radical (unpaired) electrons. The SMILES string of the molecule is Cc1cc(NC(=O)c2ccccc2Cl)cc2c1OCCO2. The van der Waals surface area contributed by atoms with Gasteiger partial charge in [-0.2, -0.15) is 0 Å². The number of rotatable bonds is 2. The Labute approximate surface area is 127 Å². The zero-order chi connectivity index (χ0) is 14.8. The molecule has 0 unspecified atom stereocenters. The molecule has 5 heteroatoms. The molecule has 0 fully saturated rings. The molecule has 0 aliphatic carbocycles. The first-order chi connectivity index (χ1) is 10.1. The minimum absolute atomic E-state index is 0.253. The highest BCUT2D eigenvalue weighted by Crippen LogP contribution is 2.36. The number of carbonyl (C=O) groups is 1. The molecule has 4 nitrogen and oxygen atoms in total. The second-order valence-electron chi connectivity index (χ2n) is 4.75. The van der Waals surface area contributed by atoms with E-state index in [1.165, 1.54) is 0 Å². The number of hydrogen-bond donors (Lipinski definition) is 1. The van der Waals surface area contributed by atoms with Crippen LogP contribution in [0.4, 0.5) is 5.69 Å². The molecule has 2 aromatic rings. The number of amides is 1. The predicted octanol–water partition coefficient (Wildman–Crippen LogP) is 3.67. The Morgan fingerprint density at radius 1 is 1.19 bits per heavy atom. The fourth-order valence-electron chi connectivity index (χ4n) is 2.25. The molecule has 0 atom stereocenters. The minimum Gasteiger partial charge on any atom is -0.486 e. The van der Waals surface area contributed by atoms with E-state index in [0.29, 0.717) is 35.2 Å². The van der Waals surface area contributed by atoms with E-state index in [1.807, 2.05) is 13.0 Å². The van der Waals surface area contributed by atoms with Crippen molar-refractivity contribution in [1.29, 1.82) is 0 Å². The summed E-state index contributed by atoms with van der Waals surface area (Å²) in [5.41, 5.74) is 2.01. The fourth-order valence-corrected chi connectivity index (χ4v) is 2.47. The topological polar surface area (TPSA) is 47.6 Å². The van der Waals surface area contributed by atoms with Crippen molar-refractivity contribution in [2.75, 3.05) is 18.5 Å². The van der Waals surface area contributed by atoms with Gasteiger partial charge < -0.3 is 14.8 Å². The lowest BCUT2D eigenvalue weighted by Gasteiger charge is -2.21. The highest BCUT2D eigenvalue weighted by Gasteiger charge is 2.17. The Balaban J connectivity index is 1.87. The number of fused-ring (bicyclic) bond motifs is 1. The van der Waals surface area contributed by atoms with Crippen LogP contribution in [0, 0.1) is 6.92 Å². The van der Waals surface area contributed by atoms with Gasteiger partial charge in [-0.05, 0) is 30.7 Å². The van der Waals surface area contributed by atoms with E-state index in [9.17, 15) is 4.79 Å². The van der Waals surface area contributed by atoms with Gasteiger partial charge in [0.05, 0.1) is 10.6 Å². The fraction of sp³-hybridized carbons (Fsp3) is 0.188. The maximum absolute atomic E-state index is 12.2. The van der Waals surface area contributed by atoms with E-state index in [4.69, 9.17) is 21.1 Å². The minimum atomic E-state index is -0.253. The number of ether oxygens (including phenoxy) is 2. The molecule has 108 valence electrons. The zero-order valence-electron chi connectivity index (χ0n) is 11.5. The lowest BCUT2D eigenvalue weighted by molar-refractivity contribution is 0.102. The van der Waals surface area contributed by atoms with Crippen molar-refractivity contribution < 1.29 is 14.3 Å². The molecule has 2 aromatic carbocycles. The van der Waals surface area contributed by atoms with Crippen LogP contribution in [0.25, 0.3) is 0 Å². The monoisotopic (exact) mass is 303 g/mol. The predicted molar refractivity (Wildman–Crippen MR) is 81.6 cm³/mol. The van der Waals surface area contributed by atoms with Crippen molar-refractivity contribution in [2.45, 2.75) is 6.92 Å². The summed E-state index contributed by atoms with van der Waals surface area (Å²) in [5, 5.41) is 3.25. The van der Waals surface area contributed by atoms with Crippen molar-refractivity contribution in [3.63, 3.8) is 0 Å². The normalized spacial score (nSPS) is 12.9. The molecular weight excluding hydrogens is 290 g/mol. The second kappa shape index (κ2) is 5.66. The van der Waals surface area contributed by atoms with E-state index < -0.39 is 0 Å². The number of nitrogens with one attached hydrogen (secondary N) is 1. The van der Waals surface area contributed by atoms with Crippen LogP contribution in [0.3, 0.4) is 0 Å². The first-order valence-corrected chi connectivity index (χ1v) is 6.99. The third kappa shape index (κ3) is 2.81.